The molecule has 3 aromatic rings. The van der Waals surface area contributed by atoms with Crippen molar-refractivity contribution in [3.8, 4) is 11.1 Å². The van der Waals surface area contributed by atoms with Crippen LogP contribution in [0.4, 0.5) is 14.9 Å². The fourth-order valence-electron chi connectivity index (χ4n) is 4.79. The smallest absolute Gasteiger partial charge is 0.414 e. The average Bonchev–Trinajstić information content (AvgIpc) is 3.68. The van der Waals surface area contributed by atoms with Gasteiger partial charge in [-0.2, -0.15) is 0 Å². The Morgan fingerprint density at radius 2 is 1.97 bits per heavy atom. The van der Waals surface area contributed by atoms with Gasteiger partial charge in [-0.05, 0) is 30.3 Å². The minimum Gasteiger partial charge on any atom is -0.442 e. The standard InChI is InChI=1S/C25H26FN7O5S/c26-22-11-18(33-16-20(37-25(33)34)15-32-6-5-28-30-32)2-3-21(22)17-1-4-23(27-13-17)24-12-19(38-29-24)14-31-7-9-39(35,36)10-8-31/h1-6,11-13,19-20,29H,7-10,14-16H2/t19-,20-/m0/s1. The van der Waals surface area contributed by atoms with Crippen LogP contribution in [0.15, 0.2) is 55.0 Å². The number of cyclic esters (lactones) is 1. The summed E-state index contributed by atoms with van der Waals surface area (Å²) in [6.45, 7) is 2.19. The third kappa shape index (κ3) is 5.62. The van der Waals surface area contributed by atoms with Crippen LogP contribution in [0.25, 0.3) is 16.8 Å². The predicted molar refractivity (Wildman–Crippen MR) is 138 cm³/mol. The number of sulfone groups is 1. The lowest BCUT2D eigenvalue weighted by molar-refractivity contribution is 0.0298. The number of hydrogen-bond acceptors (Lipinski definition) is 10. The molecule has 0 unspecified atom stereocenters. The number of amides is 1. The van der Waals surface area contributed by atoms with Crippen LogP contribution in [0.1, 0.15) is 5.69 Å². The van der Waals surface area contributed by atoms with Crippen LogP contribution in [-0.2, 0) is 26.0 Å². The van der Waals surface area contributed by atoms with Gasteiger partial charge in [0.1, 0.15) is 18.0 Å². The second kappa shape index (κ2) is 10.4. The Balaban J connectivity index is 1.09. The second-order valence-corrected chi connectivity index (χ2v) is 11.9. The molecule has 0 aliphatic carbocycles. The molecule has 12 nitrogen and oxygen atoms in total. The summed E-state index contributed by atoms with van der Waals surface area (Å²) in [7, 11) is -2.93. The first-order valence-corrected chi connectivity index (χ1v) is 14.3. The minimum atomic E-state index is -2.93. The lowest BCUT2D eigenvalue weighted by Crippen LogP contribution is -2.43. The number of hydroxylamine groups is 1. The molecule has 3 aliphatic heterocycles. The van der Waals surface area contributed by atoms with E-state index in [0.29, 0.717) is 54.4 Å². The average molecular weight is 556 g/mol. The molecule has 0 bridgehead atoms. The summed E-state index contributed by atoms with van der Waals surface area (Å²) in [6.07, 6.45) is 5.52. The molecular weight excluding hydrogens is 529 g/mol. The molecule has 1 N–H and O–H groups in total. The normalized spacial score (nSPS) is 22.9. The van der Waals surface area contributed by atoms with E-state index in [4.69, 9.17) is 9.57 Å². The molecule has 2 atom stereocenters. The van der Waals surface area contributed by atoms with Crippen molar-refractivity contribution in [3.05, 3.63) is 66.5 Å². The van der Waals surface area contributed by atoms with Crippen LogP contribution < -0.4 is 10.4 Å². The van der Waals surface area contributed by atoms with Crippen molar-refractivity contribution in [2.24, 2.45) is 0 Å². The van der Waals surface area contributed by atoms with E-state index in [1.807, 2.05) is 6.08 Å². The number of ether oxygens (including phenoxy) is 1. The number of rotatable bonds is 7. The summed E-state index contributed by atoms with van der Waals surface area (Å²) in [5.74, 6) is -0.159. The van der Waals surface area contributed by atoms with Crippen LogP contribution in [0, 0.1) is 5.82 Å². The Kier molecular flexibility index (Phi) is 6.74. The predicted octanol–water partition coefficient (Wildman–Crippen LogP) is 1.48. The van der Waals surface area contributed by atoms with Gasteiger partial charge in [0.2, 0.25) is 0 Å². The van der Waals surface area contributed by atoms with E-state index in [0.717, 1.165) is 0 Å². The van der Waals surface area contributed by atoms with Crippen LogP contribution in [0.5, 0.6) is 0 Å². The second-order valence-electron chi connectivity index (χ2n) is 9.63. The van der Waals surface area contributed by atoms with Crippen LogP contribution in [0.2, 0.25) is 0 Å². The van der Waals surface area contributed by atoms with E-state index < -0.39 is 27.9 Å². The van der Waals surface area contributed by atoms with E-state index in [1.165, 1.54) is 11.0 Å². The van der Waals surface area contributed by atoms with E-state index in [1.54, 1.807) is 47.5 Å². The number of carbonyl (C=O) groups excluding carboxylic acids is 1. The zero-order valence-electron chi connectivity index (χ0n) is 20.8. The van der Waals surface area contributed by atoms with Crippen molar-refractivity contribution in [1.29, 1.82) is 0 Å². The number of carbonyl (C=O) groups is 1. The van der Waals surface area contributed by atoms with Crippen molar-refractivity contribution in [1.82, 2.24) is 30.4 Å². The summed E-state index contributed by atoms with van der Waals surface area (Å²) in [5, 5.41) is 7.62. The largest absolute Gasteiger partial charge is 0.442 e. The molecule has 5 heterocycles. The molecule has 0 spiro atoms. The van der Waals surface area contributed by atoms with Gasteiger partial charge >= 0.3 is 6.09 Å². The third-order valence-corrected chi connectivity index (χ3v) is 8.51. The van der Waals surface area contributed by atoms with Crippen LogP contribution >= 0.6 is 0 Å². The molecule has 0 radical (unpaired) electrons. The van der Waals surface area contributed by atoms with Crippen molar-refractivity contribution >= 4 is 27.3 Å². The van der Waals surface area contributed by atoms with Gasteiger partial charge in [0.15, 0.2) is 9.84 Å². The Labute approximate surface area is 223 Å². The summed E-state index contributed by atoms with van der Waals surface area (Å²) < 4.78 is 45.4. The van der Waals surface area contributed by atoms with Gasteiger partial charge in [-0.1, -0.05) is 11.3 Å². The Bertz CT molecular complexity index is 1480. The maximum atomic E-state index is 15.1. The molecule has 204 valence electrons. The summed E-state index contributed by atoms with van der Waals surface area (Å²) >= 11 is 0. The maximum absolute atomic E-state index is 15.1. The third-order valence-electron chi connectivity index (χ3n) is 6.90. The highest BCUT2D eigenvalue weighted by molar-refractivity contribution is 7.91. The van der Waals surface area contributed by atoms with E-state index >= 15 is 4.39 Å². The van der Waals surface area contributed by atoms with E-state index in [2.05, 4.69) is 25.7 Å². The first-order valence-electron chi connectivity index (χ1n) is 12.5. The molecule has 2 aromatic heterocycles. The van der Waals surface area contributed by atoms with E-state index in [9.17, 15) is 13.2 Å². The summed E-state index contributed by atoms with van der Waals surface area (Å²) in [6, 6.07) is 8.15. The van der Waals surface area contributed by atoms with Gasteiger partial charge < -0.3 is 4.74 Å². The maximum Gasteiger partial charge on any atom is 0.414 e. The molecule has 39 heavy (non-hydrogen) atoms. The van der Waals surface area contributed by atoms with Gasteiger partial charge in [-0.3, -0.25) is 25.1 Å². The Morgan fingerprint density at radius 3 is 2.69 bits per heavy atom. The lowest BCUT2D eigenvalue weighted by Gasteiger charge is -2.27. The van der Waals surface area contributed by atoms with Gasteiger partial charge in [-0.15, -0.1) is 5.10 Å². The highest BCUT2D eigenvalue weighted by atomic mass is 32.2. The molecule has 14 heteroatoms. The molecule has 2 fully saturated rings. The number of hydrogen-bond donors (Lipinski definition) is 1. The zero-order valence-corrected chi connectivity index (χ0v) is 21.6. The molecule has 1 aromatic carbocycles. The van der Waals surface area contributed by atoms with E-state index in [-0.39, 0.29) is 24.2 Å². The summed E-state index contributed by atoms with van der Waals surface area (Å²) in [5.41, 5.74) is 5.55. The van der Waals surface area contributed by atoms with Gasteiger partial charge in [0.25, 0.3) is 0 Å². The number of aromatic nitrogens is 4. The molecule has 2 saturated heterocycles. The Morgan fingerprint density at radius 1 is 1.13 bits per heavy atom. The number of nitrogens with one attached hydrogen (secondary N) is 1. The van der Waals surface area contributed by atoms with Crippen LogP contribution in [0.3, 0.4) is 0 Å². The molecule has 6 rings (SSSR count). The Hall–Kier alpha value is -3.88. The first-order chi connectivity index (χ1) is 18.8. The number of nitrogens with zero attached hydrogens (tertiary/aromatic N) is 6. The zero-order chi connectivity index (χ0) is 27.0. The number of benzene rings is 1. The molecule has 1 amide bonds. The fourth-order valence-corrected chi connectivity index (χ4v) is 6.07. The highest BCUT2D eigenvalue weighted by Crippen LogP contribution is 2.30. The lowest BCUT2D eigenvalue weighted by atomic mass is 10.1. The minimum absolute atomic E-state index is 0.164. The van der Waals surface area contributed by atoms with Crippen molar-refractivity contribution in [2.75, 3.05) is 42.6 Å². The molecule has 0 saturated carbocycles. The van der Waals surface area contributed by atoms with Crippen molar-refractivity contribution in [2.45, 2.75) is 18.8 Å². The topological polar surface area (TPSA) is 132 Å². The fraction of sp³-hybridized carbons (Fsp3) is 0.360. The van der Waals surface area contributed by atoms with Gasteiger partial charge in [-0.25, -0.2) is 22.3 Å². The number of anilines is 1. The molecular formula is C25H26FN7O5S. The van der Waals surface area contributed by atoms with Gasteiger partial charge in [0, 0.05) is 43.2 Å². The monoisotopic (exact) mass is 555 g/mol. The first kappa shape index (κ1) is 25.4. The van der Waals surface area contributed by atoms with Gasteiger partial charge in [0.05, 0.1) is 47.9 Å². The SMILES string of the molecule is O=C1O[C@@H](Cn2ccnn2)CN1c1ccc(-c2ccc(C3=C[C@@H](CN4CCS(=O)(=O)CC4)ON3)nc2)c(F)c1. The number of pyridine rings is 1. The number of halogens is 1. The molecule has 3 aliphatic rings. The van der Waals surface area contributed by atoms with Crippen molar-refractivity contribution in [3.63, 3.8) is 0 Å². The van der Waals surface area contributed by atoms with Crippen molar-refractivity contribution < 1.29 is 27.2 Å². The summed E-state index contributed by atoms with van der Waals surface area (Å²) in [4.78, 5) is 25.9. The highest BCUT2D eigenvalue weighted by Gasteiger charge is 2.33. The van der Waals surface area contributed by atoms with Crippen LogP contribution in [-0.4, -0.2) is 89.3 Å². The quantitative estimate of drug-likeness (QED) is 0.457.